The lowest BCUT2D eigenvalue weighted by atomic mass is 9.88. The third kappa shape index (κ3) is 39.3. The number of carboxylic acid groups (broad SMARTS) is 2. The van der Waals surface area contributed by atoms with Gasteiger partial charge in [-0.3, -0.25) is 24.0 Å². The number of nitrogens with one attached hydrogen (secondary N) is 5. The van der Waals surface area contributed by atoms with Gasteiger partial charge in [-0.2, -0.15) is 0 Å². The topological polar surface area (TPSA) is 794 Å². The zero-order valence-corrected chi connectivity index (χ0v) is 87.1. The Kier molecular flexibility index (Phi) is 59.9. The van der Waals surface area contributed by atoms with Crippen LogP contribution in [0.3, 0.4) is 0 Å². The maximum Gasteiger partial charge on any atom is 0.364 e. The first-order valence-electron chi connectivity index (χ1n) is 53.9. The second-order valence-corrected chi connectivity index (χ2v) is 40.6. The van der Waals surface area contributed by atoms with Crippen LogP contribution in [0, 0.1) is 0 Å². The summed E-state index contributed by atoms with van der Waals surface area (Å²) in [6.07, 6.45) is -33.6. The van der Waals surface area contributed by atoms with E-state index in [9.17, 15) is 156 Å². The van der Waals surface area contributed by atoms with E-state index in [0.717, 1.165) is 91.4 Å². The number of hydrogen-bond donors (Lipinski definition) is 29. The van der Waals surface area contributed by atoms with Gasteiger partial charge in [-0.05, 0) is 19.3 Å². The van der Waals surface area contributed by atoms with Crippen LogP contribution >= 0.6 is 0 Å². The Balaban J connectivity index is 1.18. The highest BCUT2D eigenvalue weighted by Crippen LogP contribution is 2.45. The number of carbonyl (C=O) groups excluding carboxylic acids is 5. The Morgan fingerprint density at radius 1 is 0.353 bits per heavy atom. The van der Waals surface area contributed by atoms with Crippen LogP contribution in [0.1, 0.15) is 279 Å². The standard InChI is InChI=1S/C100H177N5O45/c1-6-8-10-12-14-16-18-20-21-22-23-24-25-26-27-28-29-31-33-35-37-39-41-43-69(122)104-58(59(117)42-40-38-36-34-32-30-19-17-15-13-11-9-7-2)54-137-94-81(130)80(129)84(66(50-110)140-94)143-95-82(131)90(149-100(98(135)136)45-61(119)72(105-70(123)53-113)89(148-100)76(125)63(121)47-107)86(68(52-112)141-95)145-93-74(103-57(5)116)87(78(127)65(49-109)139-93)146-96-83(132)91(85(67(51-111)142-96)144-92-73(102-56(4)115)79(128)77(126)64(48-108)138-92)150-99(97(133)134)44-60(118)71(101-55(3)114)88(147-99)75(124)62(120)46-106/h40,42,58-68,71-96,106-113,117-121,124-132H,6-39,41,43-54H2,1-5H3,(H,101,114)(H,102,115)(H,103,116)(H,104,122)(H,105,123)(H,133,134)(H,135,136)/b42-40+/t58-,59+,60?,61?,62+,63+,64?,65?,66?,67?,68?,71+,72+,73?,74?,75+,76+,77-,78-,79+,80+,81?,82?,83?,84+,85-,86-,87+,88?,89?,90+,91+,92-,93-,94+,95-,96-,99-,100-/m0/s1. The van der Waals surface area contributed by atoms with Crippen LogP contribution < -0.4 is 26.6 Å². The van der Waals surface area contributed by atoms with Crippen molar-refractivity contribution < 1.29 is 222 Å². The predicted octanol–water partition coefficient (Wildman–Crippen LogP) is -3.81. The quantitative estimate of drug-likeness (QED) is 0.0205. The molecule has 7 saturated heterocycles. The predicted molar refractivity (Wildman–Crippen MR) is 522 cm³/mol. The number of rotatable bonds is 72. The summed E-state index contributed by atoms with van der Waals surface area (Å²) in [6, 6.07) is -9.38. The van der Waals surface area contributed by atoms with Crippen molar-refractivity contribution in [2.24, 2.45) is 0 Å². The lowest BCUT2D eigenvalue weighted by Gasteiger charge is -2.53. The average molecular weight is 2170 g/mol. The molecule has 50 heteroatoms. The molecule has 39 atom stereocenters. The van der Waals surface area contributed by atoms with Crippen LogP contribution in [0.4, 0.5) is 0 Å². The number of amides is 5. The summed E-state index contributed by atoms with van der Waals surface area (Å²) >= 11 is 0. The van der Waals surface area contributed by atoms with Crippen LogP contribution in [0.2, 0.25) is 0 Å². The number of hydrogen-bond acceptors (Lipinski definition) is 43. The van der Waals surface area contributed by atoms with Gasteiger partial charge in [-0.15, -0.1) is 0 Å². The maximum absolute atomic E-state index is 14.3. The molecular weight excluding hydrogens is 1990 g/mol. The fourth-order valence-electron chi connectivity index (χ4n) is 20.2. The number of aliphatic hydroxyl groups excluding tert-OH is 22. The highest BCUT2D eigenvalue weighted by Gasteiger charge is 2.66. The minimum Gasteiger partial charge on any atom is -0.477 e. The molecule has 7 aliphatic heterocycles. The molecule has 0 saturated carbocycles. The summed E-state index contributed by atoms with van der Waals surface area (Å²) in [5, 5.41) is 286. The SMILES string of the molecule is CCCCCCCCCCCCC/C=C/[C@@H](O)[C@H](CO[C@@H]1OC(CO)[C@@H](O[C@@H]2OC(CO)[C@H](O[C@@H]3OC(CO)[C@H](O)[C@H](O[C@@H]4OC(CO)[C@H](O[C@@H]5OC(CO)[C@H](O)[C@H](O)C5NC(C)=O)[C@H](O[C@]5(C(=O)O)CC(O)[C@@H](NC(C)=O)C([C@H](O)[C@H](O)CO)O5)C4O)C3NC(C)=O)[C@H](O[C@]3(C(=O)O)CC(O)[C@@H](NC(=O)CO)C([C@H](O)[C@H](O)CO)O3)C2O)[C@H](O)C1O)NC(=O)CCCCCCCCCCCCCCCCCCCCCCCCC. The summed E-state index contributed by atoms with van der Waals surface area (Å²) in [6.45, 7) is -3.93. The zero-order valence-electron chi connectivity index (χ0n) is 87.1. The normalized spacial score (nSPS) is 34.6. The number of ether oxygens (including phenoxy) is 14. The molecular formula is C100H177N5O45. The second-order valence-electron chi connectivity index (χ2n) is 40.6. The smallest absolute Gasteiger partial charge is 0.364 e. The van der Waals surface area contributed by atoms with Crippen LogP contribution in [-0.4, -0.2) is 462 Å². The van der Waals surface area contributed by atoms with Crippen molar-refractivity contribution in [1.82, 2.24) is 26.6 Å². The zero-order chi connectivity index (χ0) is 110. The van der Waals surface area contributed by atoms with Gasteiger partial charge >= 0.3 is 11.9 Å². The van der Waals surface area contributed by atoms with Gasteiger partial charge in [0.05, 0.1) is 89.3 Å². The minimum absolute atomic E-state index is 0.0675. The van der Waals surface area contributed by atoms with Crippen molar-refractivity contribution in [2.75, 3.05) is 59.5 Å². The Labute approximate surface area is 875 Å². The number of allylic oxidation sites excluding steroid dienone is 1. The van der Waals surface area contributed by atoms with Gasteiger partial charge in [-0.25, -0.2) is 9.59 Å². The van der Waals surface area contributed by atoms with Gasteiger partial charge in [-0.1, -0.05) is 231 Å². The van der Waals surface area contributed by atoms with Crippen LogP contribution in [0.5, 0.6) is 0 Å². The molecule has 5 amide bonds. The van der Waals surface area contributed by atoms with Crippen LogP contribution in [0.25, 0.3) is 0 Å². The number of unbranched alkanes of at least 4 members (excludes halogenated alkanes) is 33. The molecule has 0 spiro atoms. The highest BCUT2D eigenvalue weighted by molar-refractivity contribution is 5.79. The Hall–Kier alpha value is -5.41. The van der Waals surface area contributed by atoms with Gasteiger partial charge in [0, 0.05) is 40.0 Å². The molecule has 7 fully saturated rings. The molecule has 0 aromatic rings. The van der Waals surface area contributed by atoms with Crippen molar-refractivity contribution in [2.45, 2.75) is 517 Å². The fraction of sp³-hybridized carbons (Fsp3) is 0.910. The molecule has 7 aliphatic rings. The largest absolute Gasteiger partial charge is 0.477 e. The van der Waals surface area contributed by atoms with E-state index in [1.807, 2.05) is 0 Å². The minimum atomic E-state index is -3.63. The summed E-state index contributed by atoms with van der Waals surface area (Å²) in [5.74, 6) is -16.5. The van der Waals surface area contributed by atoms with Crippen molar-refractivity contribution in [1.29, 1.82) is 0 Å². The number of carbonyl (C=O) groups is 7. The van der Waals surface area contributed by atoms with Crippen molar-refractivity contribution in [3.8, 4) is 0 Å². The Morgan fingerprint density at radius 2 is 0.693 bits per heavy atom. The van der Waals surface area contributed by atoms with Crippen molar-refractivity contribution in [3.05, 3.63) is 12.2 Å². The third-order valence-electron chi connectivity index (χ3n) is 28.7. The van der Waals surface area contributed by atoms with E-state index in [0.29, 0.717) is 12.8 Å². The molecule has 29 N–H and O–H groups in total. The first-order chi connectivity index (χ1) is 71.7. The molecule has 0 aromatic carbocycles. The summed E-state index contributed by atoms with van der Waals surface area (Å²) in [4.78, 5) is 94.2. The summed E-state index contributed by atoms with van der Waals surface area (Å²) in [7, 11) is 0. The van der Waals surface area contributed by atoms with E-state index in [1.54, 1.807) is 6.08 Å². The molecule has 0 radical (unpaired) electrons. The number of carboxylic acids is 2. The fourth-order valence-corrected chi connectivity index (χ4v) is 20.2. The first kappa shape index (κ1) is 131. The van der Waals surface area contributed by atoms with E-state index >= 15 is 0 Å². The maximum atomic E-state index is 14.3. The Morgan fingerprint density at radius 3 is 1.08 bits per heavy atom. The van der Waals surface area contributed by atoms with E-state index in [4.69, 9.17) is 66.3 Å². The van der Waals surface area contributed by atoms with E-state index in [1.165, 1.54) is 147 Å². The summed E-state index contributed by atoms with van der Waals surface area (Å²) in [5.41, 5.74) is 0. The molecule has 50 nitrogen and oxygen atoms in total. The molecule has 7 heterocycles. The van der Waals surface area contributed by atoms with Crippen molar-refractivity contribution >= 4 is 41.5 Å². The molecule has 0 bridgehead atoms. The van der Waals surface area contributed by atoms with Gasteiger partial charge in [0.2, 0.25) is 29.5 Å². The third-order valence-corrected chi connectivity index (χ3v) is 28.7. The van der Waals surface area contributed by atoms with Gasteiger partial charge in [0.15, 0.2) is 31.5 Å². The van der Waals surface area contributed by atoms with Crippen LogP contribution in [-0.2, 0) is 99.9 Å². The lowest BCUT2D eigenvalue weighted by Crippen LogP contribution is -2.73. The number of aliphatic hydroxyl groups is 22. The van der Waals surface area contributed by atoms with E-state index in [2.05, 4.69) is 40.4 Å². The van der Waals surface area contributed by atoms with Gasteiger partial charge < -0.3 is 215 Å². The van der Waals surface area contributed by atoms with Crippen LogP contribution in [0.15, 0.2) is 12.2 Å². The molecule has 0 aliphatic carbocycles. The average Bonchev–Trinajstić information content (AvgIpc) is 0.744. The highest BCUT2D eigenvalue weighted by atomic mass is 16.8. The van der Waals surface area contributed by atoms with Gasteiger partial charge in [0.25, 0.3) is 11.6 Å². The molecule has 14 unspecified atom stereocenters. The molecule has 0 aromatic heterocycles. The molecule has 872 valence electrons. The van der Waals surface area contributed by atoms with Gasteiger partial charge in [0.1, 0.15) is 165 Å². The second kappa shape index (κ2) is 68.4. The van der Waals surface area contributed by atoms with E-state index < -0.39 is 352 Å². The Bertz CT molecular complexity index is 3850. The molecule has 7 rings (SSSR count). The monoisotopic (exact) mass is 2170 g/mol. The van der Waals surface area contributed by atoms with Crippen molar-refractivity contribution in [3.63, 3.8) is 0 Å². The van der Waals surface area contributed by atoms with E-state index in [-0.39, 0.29) is 6.42 Å². The molecule has 150 heavy (non-hydrogen) atoms. The first-order valence-corrected chi connectivity index (χ1v) is 53.9. The lowest BCUT2D eigenvalue weighted by molar-refractivity contribution is -0.408. The summed E-state index contributed by atoms with van der Waals surface area (Å²) < 4.78 is 85.9. The number of aliphatic carboxylic acids is 2.